The first-order valence-corrected chi connectivity index (χ1v) is 6.27. The van der Waals surface area contributed by atoms with Gasteiger partial charge in [-0.05, 0) is 31.2 Å². The third-order valence-electron chi connectivity index (χ3n) is 2.52. The molecule has 0 aliphatic carbocycles. The van der Waals surface area contributed by atoms with E-state index in [-0.39, 0.29) is 24.9 Å². The number of hydrogen-bond donors (Lipinski definition) is 2. The summed E-state index contributed by atoms with van der Waals surface area (Å²) in [4.78, 5) is 10.7. The van der Waals surface area contributed by atoms with Gasteiger partial charge in [0, 0.05) is 7.11 Å². The summed E-state index contributed by atoms with van der Waals surface area (Å²) in [6.07, 6.45) is -0.849. The standard InChI is InChI=1S/C14H20O6/c1-10(7-18-2)19-8-12(15)9-20-13-5-3-11(4-6-13)14(16)17/h3-6,10,12,15H,7-9H2,1-2H3,(H,16,17). The van der Waals surface area contributed by atoms with Crippen LogP contribution >= 0.6 is 0 Å². The topological polar surface area (TPSA) is 85.2 Å². The third-order valence-corrected chi connectivity index (χ3v) is 2.52. The Kier molecular flexibility index (Phi) is 7.00. The van der Waals surface area contributed by atoms with Crippen molar-refractivity contribution in [3.8, 4) is 5.75 Å². The van der Waals surface area contributed by atoms with E-state index >= 15 is 0 Å². The second-order valence-corrected chi connectivity index (χ2v) is 4.39. The van der Waals surface area contributed by atoms with Crippen molar-refractivity contribution >= 4 is 5.97 Å². The van der Waals surface area contributed by atoms with Gasteiger partial charge in [0.25, 0.3) is 0 Å². The Labute approximate surface area is 117 Å². The molecule has 0 heterocycles. The quantitative estimate of drug-likeness (QED) is 0.708. The van der Waals surface area contributed by atoms with Crippen LogP contribution in [0.25, 0.3) is 0 Å². The summed E-state index contributed by atoms with van der Waals surface area (Å²) in [7, 11) is 1.58. The molecule has 0 spiro atoms. The lowest BCUT2D eigenvalue weighted by Gasteiger charge is -2.16. The van der Waals surface area contributed by atoms with E-state index in [0.717, 1.165) is 0 Å². The lowest BCUT2D eigenvalue weighted by atomic mass is 10.2. The van der Waals surface area contributed by atoms with Crippen LogP contribution in [0.2, 0.25) is 0 Å². The molecule has 0 aliphatic rings. The molecule has 20 heavy (non-hydrogen) atoms. The second-order valence-electron chi connectivity index (χ2n) is 4.39. The lowest BCUT2D eigenvalue weighted by molar-refractivity contribution is -0.0423. The molecule has 2 atom stereocenters. The van der Waals surface area contributed by atoms with Gasteiger partial charge in [0.2, 0.25) is 0 Å². The zero-order valence-corrected chi connectivity index (χ0v) is 11.6. The summed E-state index contributed by atoms with van der Waals surface area (Å²) in [6, 6.07) is 5.98. The molecule has 6 nitrogen and oxygen atoms in total. The Bertz CT molecular complexity index is 403. The molecule has 0 radical (unpaired) electrons. The van der Waals surface area contributed by atoms with Crippen molar-refractivity contribution in [2.45, 2.75) is 19.1 Å². The smallest absolute Gasteiger partial charge is 0.335 e. The fourth-order valence-corrected chi connectivity index (χ4v) is 1.49. The molecule has 1 rings (SSSR count). The van der Waals surface area contributed by atoms with E-state index in [4.69, 9.17) is 19.3 Å². The van der Waals surface area contributed by atoms with E-state index in [9.17, 15) is 9.90 Å². The van der Waals surface area contributed by atoms with Crippen LogP contribution in [0.1, 0.15) is 17.3 Å². The number of benzene rings is 1. The van der Waals surface area contributed by atoms with Crippen LogP contribution in [0, 0.1) is 0 Å². The SMILES string of the molecule is COCC(C)OCC(O)COc1ccc(C(=O)O)cc1. The van der Waals surface area contributed by atoms with Gasteiger partial charge < -0.3 is 24.4 Å². The van der Waals surface area contributed by atoms with Gasteiger partial charge in [-0.1, -0.05) is 0 Å². The molecule has 0 fully saturated rings. The molecule has 0 bridgehead atoms. The van der Waals surface area contributed by atoms with Crippen LogP contribution in [-0.2, 0) is 9.47 Å². The van der Waals surface area contributed by atoms with E-state index in [0.29, 0.717) is 12.4 Å². The normalized spacial score (nSPS) is 13.8. The maximum Gasteiger partial charge on any atom is 0.335 e. The van der Waals surface area contributed by atoms with Crippen molar-refractivity contribution in [3.05, 3.63) is 29.8 Å². The molecular formula is C14H20O6. The first kappa shape index (κ1) is 16.4. The minimum absolute atomic E-state index is 0.0755. The molecule has 0 amide bonds. The Morgan fingerprint density at radius 1 is 1.20 bits per heavy atom. The van der Waals surface area contributed by atoms with Crippen molar-refractivity contribution in [1.29, 1.82) is 0 Å². The second kappa shape index (κ2) is 8.52. The van der Waals surface area contributed by atoms with E-state index in [1.165, 1.54) is 12.1 Å². The van der Waals surface area contributed by atoms with Gasteiger partial charge in [-0.2, -0.15) is 0 Å². The average molecular weight is 284 g/mol. The number of ether oxygens (including phenoxy) is 3. The molecule has 1 aromatic carbocycles. The fourth-order valence-electron chi connectivity index (χ4n) is 1.49. The summed E-state index contributed by atoms with van der Waals surface area (Å²) < 4.78 is 15.6. The predicted molar refractivity (Wildman–Crippen MR) is 72.2 cm³/mol. The number of carbonyl (C=O) groups is 1. The van der Waals surface area contributed by atoms with Gasteiger partial charge in [-0.15, -0.1) is 0 Å². The van der Waals surface area contributed by atoms with Gasteiger partial charge in [0.15, 0.2) is 0 Å². The van der Waals surface area contributed by atoms with Crippen LogP contribution in [0.3, 0.4) is 0 Å². The summed E-state index contributed by atoms with van der Waals surface area (Å²) in [5, 5.41) is 18.4. The van der Waals surface area contributed by atoms with E-state index < -0.39 is 12.1 Å². The van der Waals surface area contributed by atoms with Gasteiger partial charge in [-0.3, -0.25) is 0 Å². The van der Waals surface area contributed by atoms with Crippen molar-refractivity contribution in [1.82, 2.24) is 0 Å². The highest BCUT2D eigenvalue weighted by molar-refractivity contribution is 5.87. The van der Waals surface area contributed by atoms with Crippen molar-refractivity contribution in [3.63, 3.8) is 0 Å². The lowest BCUT2D eigenvalue weighted by Crippen LogP contribution is -2.27. The van der Waals surface area contributed by atoms with Gasteiger partial charge in [0.05, 0.1) is 24.9 Å². The number of methoxy groups -OCH3 is 1. The maximum absolute atomic E-state index is 10.7. The fraction of sp³-hybridized carbons (Fsp3) is 0.500. The third kappa shape index (κ3) is 6.01. The van der Waals surface area contributed by atoms with Crippen molar-refractivity contribution in [2.24, 2.45) is 0 Å². The number of carboxylic acids is 1. The Hall–Kier alpha value is -1.63. The summed E-state index contributed by atoms with van der Waals surface area (Å²) in [5.41, 5.74) is 0.189. The van der Waals surface area contributed by atoms with Crippen LogP contribution in [-0.4, -0.2) is 55.3 Å². The van der Waals surface area contributed by atoms with E-state index in [2.05, 4.69) is 0 Å². The monoisotopic (exact) mass is 284 g/mol. The summed E-state index contributed by atoms with van der Waals surface area (Å²) in [5.74, 6) is -0.490. The molecule has 2 N–H and O–H groups in total. The minimum Gasteiger partial charge on any atom is -0.491 e. The van der Waals surface area contributed by atoms with Crippen LogP contribution in [0.5, 0.6) is 5.75 Å². The number of aliphatic hydroxyl groups excluding tert-OH is 1. The van der Waals surface area contributed by atoms with Crippen molar-refractivity contribution < 1.29 is 29.2 Å². The zero-order valence-electron chi connectivity index (χ0n) is 11.6. The summed E-state index contributed by atoms with van der Waals surface area (Å²) >= 11 is 0. The first-order chi connectivity index (χ1) is 9.52. The van der Waals surface area contributed by atoms with Gasteiger partial charge in [0.1, 0.15) is 18.5 Å². The number of carboxylic acid groups (broad SMARTS) is 1. The average Bonchev–Trinajstić information content (AvgIpc) is 2.43. The first-order valence-electron chi connectivity index (χ1n) is 6.27. The van der Waals surface area contributed by atoms with Crippen LogP contribution in [0.15, 0.2) is 24.3 Å². The predicted octanol–water partition coefficient (Wildman–Crippen LogP) is 1.18. The molecule has 0 aliphatic heterocycles. The zero-order chi connectivity index (χ0) is 15.0. The molecule has 6 heteroatoms. The van der Waals surface area contributed by atoms with E-state index in [1.54, 1.807) is 19.2 Å². The van der Waals surface area contributed by atoms with Crippen LogP contribution < -0.4 is 4.74 Å². The number of rotatable bonds is 9. The van der Waals surface area contributed by atoms with Gasteiger partial charge >= 0.3 is 5.97 Å². The summed E-state index contributed by atoms with van der Waals surface area (Å²) in [6.45, 7) is 2.54. The minimum atomic E-state index is -0.989. The van der Waals surface area contributed by atoms with Crippen LogP contribution in [0.4, 0.5) is 0 Å². The molecule has 1 aromatic rings. The molecular weight excluding hydrogens is 264 g/mol. The highest BCUT2D eigenvalue weighted by Gasteiger charge is 2.09. The molecule has 112 valence electrons. The molecule has 2 unspecified atom stereocenters. The molecule has 0 aromatic heterocycles. The number of aliphatic hydroxyl groups is 1. The number of hydrogen-bond acceptors (Lipinski definition) is 5. The Morgan fingerprint density at radius 3 is 2.40 bits per heavy atom. The largest absolute Gasteiger partial charge is 0.491 e. The maximum atomic E-state index is 10.7. The van der Waals surface area contributed by atoms with Crippen molar-refractivity contribution in [2.75, 3.05) is 26.9 Å². The number of aromatic carboxylic acids is 1. The Morgan fingerprint density at radius 2 is 1.85 bits per heavy atom. The van der Waals surface area contributed by atoms with Gasteiger partial charge in [-0.25, -0.2) is 4.79 Å². The van der Waals surface area contributed by atoms with E-state index in [1.807, 2.05) is 6.92 Å². The Balaban J connectivity index is 2.30. The highest BCUT2D eigenvalue weighted by atomic mass is 16.5. The molecule has 0 saturated heterocycles. The molecule has 0 saturated carbocycles. The highest BCUT2D eigenvalue weighted by Crippen LogP contribution is 2.12.